The molecule has 3 aliphatic carbocycles. The summed E-state index contributed by atoms with van der Waals surface area (Å²) in [6.07, 6.45) is 3.79. The summed E-state index contributed by atoms with van der Waals surface area (Å²) in [7, 11) is -0.520. The molecule has 4 aliphatic rings. The topological polar surface area (TPSA) is 57.3 Å². The van der Waals surface area contributed by atoms with E-state index in [1.165, 1.54) is 16.7 Å². The third-order valence-corrected chi connectivity index (χ3v) is 15.6. The van der Waals surface area contributed by atoms with Crippen molar-refractivity contribution < 1.29 is 23.4 Å². The molecule has 5 nitrogen and oxygen atoms in total. The molecule has 1 heterocycles. The Kier molecular flexibility index (Phi) is 6.35. The number of ether oxygens (including phenoxy) is 3. The number of allylic oxidation sites excluding steroid dienone is 2. The van der Waals surface area contributed by atoms with Crippen LogP contribution in [0.2, 0.25) is 16.6 Å². The first-order chi connectivity index (χ1) is 16.6. The highest BCUT2D eigenvalue weighted by atomic mass is 28.4. The predicted octanol–water partition coefficient (Wildman–Crippen LogP) is 6.16. The number of ketones is 1. The molecule has 0 amide bonds. The van der Waals surface area contributed by atoms with Gasteiger partial charge in [-0.2, -0.15) is 0 Å². The van der Waals surface area contributed by atoms with E-state index < -0.39 is 13.9 Å². The van der Waals surface area contributed by atoms with Gasteiger partial charge in [-0.3, -0.25) is 4.79 Å². The molecule has 1 aliphatic heterocycles. The molecule has 6 heteroatoms. The Morgan fingerprint density at radius 2 is 1.77 bits per heavy atom. The van der Waals surface area contributed by atoms with E-state index in [9.17, 15) is 4.79 Å². The molecular formula is C29H42O5Si. The molecule has 0 radical (unpaired) electrons. The van der Waals surface area contributed by atoms with E-state index in [1.807, 2.05) is 13.0 Å². The zero-order valence-corrected chi connectivity index (χ0v) is 23.6. The van der Waals surface area contributed by atoms with Crippen LogP contribution in [0.3, 0.4) is 0 Å². The second-order valence-electron chi connectivity index (χ2n) is 12.1. The minimum atomic E-state index is -2.17. The van der Waals surface area contributed by atoms with Crippen LogP contribution < -0.4 is 4.74 Å². The first kappa shape index (κ1) is 25.2. The van der Waals surface area contributed by atoms with Crippen molar-refractivity contribution in [1.82, 2.24) is 0 Å². The number of hydrogen-bond donors (Lipinski definition) is 0. The van der Waals surface area contributed by atoms with E-state index in [4.69, 9.17) is 18.6 Å². The van der Waals surface area contributed by atoms with Crippen molar-refractivity contribution in [1.29, 1.82) is 0 Å². The molecule has 1 aromatic rings. The number of carbonyl (C=O) groups is 1. The maximum absolute atomic E-state index is 13.7. The van der Waals surface area contributed by atoms with E-state index in [0.29, 0.717) is 16.6 Å². The monoisotopic (exact) mass is 498 g/mol. The third-order valence-electron chi connectivity index (χ3n) is 9.50. The molecular weight excluding hydrogens is 456 g/mol. The van der Waals surface area contributed by atoms with E-state index in [0.717, 1.165) is 18.6 Å². The lowest BCUT2D eigenvalue weighted by molar-refractivity contribution is -0.133. The molecule has 0 aromatic heterocycles. The summed E-state index contributed by atoms with van der Waals surface area (Å²) in [4.78, 5) is 13.7. The second-order valence-corrected chi connectivity index (χ2v) is 17.5. The zero-order valence-electron chi connectivity index (χ0n) is 22.6. The van der Waals surface area contributed by atoms with Gasteiger partial charge in [0.15, 0.2) is 18.2 Å². The predicted molar refractivity (Wildman–Crippen MR) is 140 cm³/mol. The van der Waals surface area contributed by atoms with Crippen LogP contribution in [0.25, 0.3) is 5.57 Å². The van der Waals surface area contributed by atoms with Gasteiger partial charge in [-0.15, -0.1) is 0 Å². The van der Waals surface area contributed by atoms with Crippen LogP contribution in [0.4, 0.5) is 0 Å². The van der Waals surface area contributed by atoms with Gasteiger partial charge >= 0.3 is 0 Å². The first-order valence-corrected chi connectivity index (χ1v) is 15.6. The molecule has 0 N–H and O–H groups in total. The number of epoxide rings is 1. The minimum Gasteiger partial charge on any atom is -0.467 e. The fourth-order valence-electron chi connectivity index (χ4n) is 8.04. The van der Waals surface area contributed by atoms with Crippen LogP contribution in [-0.4, -0.2) is 45.8 Å². The molecule has 1 saturated heterocycles. The standard InChI is InChI=1S/C29H42O5Si/c1-16(2)35(17(3)4,18(5)6)34-26-25-21(27(30)29(7)28(26)33-29)13-12-20-22(25)14-19-10-9-11-23(24(19)20)32-15-31-8/h9-12,16-18,21-22,25-26,28H,13-15H2,1-8H3/t21?,22?,25-,26-,28+,29-/m1/s1. The summed E-state index contributed by atoms with van der Waals surface area (Å²) >= 11 is 0. The van der Waals surface area contributed by atoms with Crippen molar-refractivity contribution in [2.24, 2.45) is 17.8 Å². The molecule has 1 saturated carbocycles. The molecule has 1 aromatic carbocycles. The van der Waals surface area contributed by atoms with Crippen molar-refractivity contribution in [3.8, 4) is 5.75 Å². The van der Waals surface area contributed by atoms with Crippen LogP contribution in [0, 0.1) is 17.8 Å². The van der Waals surface area contributed by atoms with Crippen molar-refractivity contribution >= 4 is 19.7 Å². The van der Waals surface area contributed by atoms with Gasteiger partial charge in [0.2, 0.25) is 8.32 Å². The Hall–Kier alpha value is -1.47. The largest absolute Gasteiger partial charge is 0.467 e. The lowest BCUT2D eigenvalue weighted by Gasteiger charge is -2.50. The fourth-order valence-corrected chi connectivity index (χ4v) is 13.6. The van der Waals surface area contributed by atoms with Crippen LogP contribution in [0.1, 0.15) is 66.0 Å². The maximum Gasteiger partial charge on any atom is 0.200 e. The van der Waals surface area contributed by atoms with Crippen molar-refractivity contribution in [3.05, 3.63) is 35.4 Å². The Morgan fingerprint density at radius 3 is 2.40 bits per heavy atom. The van der Waals surface area contributed by atoms with Gasteiger partial charge < -0.3 is 18.6 Å². The minimum absolute atomic E-state index is 0.0478. The molecule has 2 unspecified atom stereocenters. The molecule has 192 valence electrons. The highest BCUT2D eigenvalue weighted by Gasteiger charge is 2.72. The van der Waals surface area contributed by atoms with Crippen LogP contribution >= 0.6 is 0 Å². The SMILES string of the molecule is COCOc1cccc2c1C1=CCC3C(=O)[C@@]4(C)O[C@H]4[C@H](O[Si](C(C)C)(C(C)C)C(C)C)[C@H]3C1C2. The molecule has 0 spiro atoms. The average molecular weight is 499 g/mol. The van der Waals surface area contributed by atoms with Gasteiger partial charge in [-0.25, -0.2) is 0 Å². The quantitative estimate of drug-likeness (QED) is 0.244. The van der Waals surface area contributed by atoms with E-state index in [1.54, 1.807) is 7.11 Å². The summed E-state index contributed by atoms with van der Waals surface area (Å²) in [5.41, 5.74) is 4.59. The second kappa shape index (κ2) is 8.82. The van der Waals surface area contributed by atoms with E-state index in [-0.39, 0.29) is 42.5 Å². The molecule has 35 heavy (non-hydrogen) atoms. The highest BCUT2D eigenvalue weighted by molar-refractivity contribution is 6.77. The number of rotatable bonds is 8. The number of Topliss-reactive ketones (excluding diaryl/α,β-unsaturated/α-hetero) is 1. The highest BCUT2D eigenvalue weighted by Crippen LogP contribution is 2.61. The van der Waals surface area contributed by atoms with Crippen LogP contribution in [0.15, 0.2) is 24.3 Å². The lowest BCUT2D eigenvalue weighted by Crippen LogP contribution is -2.59. The molecule has 6 atom stereocenters. The summed E-state index contributed by atoms with van der Waals surface area (Å²) in [5.74, 6) is 1.48. The van der Waals surface area contributed by atoms with Gasteiger partial charge in [-0.05, 0) is 59.5 Å². The van der Waals surface area contributed by atoms with Crippen molar-refractivity contribution in [3.63, 3.8) is 0 Å². The van der Waals surface area contributed by atoms with Crippen molar-refractivity contribution in [2.75, 3.05) is 13.9 Å². The van der Waals surface area contributed by atoms with Crippen LogP contribution in [0.5, 0.6) is 5.75 Å². The summed E-state index contributed by atoms with van der Waals surface area (Å²) in [6.45, 7) is 16.2. The van der Waals surface area contributed by atoms with E-state index >= 15 is 0 Å². The van der Waals surface area contributed by atoms with Gasteiger partial charge in [-0.1, -0.05) is 59.8 Å². The summed E-state index contributed by atoms with van der Waals surface area (Å²) in [5, 5.41) is 0. The summed E-state index contributed by atoms with van der Waals surface area (Å²) in [6, 6.07) is 6.30. The van der Waals surface area contributed by atoms with Gasteiger partial charge in [0.1, 0.15) is 11.9 Å². The van der Waals surface area contributed by atoms with Gasteiger partial charge in [0.25, 0.3) is 0 Å². The number of hydrogen-bond acceptors (Lipinski definition) is 5. The molecule has 0 bridgehead atoms. The number of methoxy groups -OCH3 is 1. The van der Waals surface area contributed by atoms with Crippen LogP contribution in [-0.2, 0) is 25.1 Å². The van der Waals surface area contributed by atoms with Gasteiger partial charge in [0, 0.05) is 24.5 Å². The fraction of sp³-hybridized carbons (Fsp3) is 0.690. The lowest BCUT2D eigenvalue weighted by atomic mass is 9.61. The Labute approximate surface area is 211 Å². The van der Waals surface area contributed by atoms with Gasteiger partial charge in [0.05, 0.1) is 6.10 Å². The normalized spacial score (nSPS) is 33.4. The smallest absolute Gasteiger partial charge is 0.200 e. The Bertz CT molecular complexity index is 1010. The third kappa shape index (κ3) is 3.62. The first-order valence-electron chi connectivity index (χ1n) is 13.4. The number of carbonyl (C=O) groups excluding carboxylic acids is 1. The Balaban J connectivity index is 1.56. The zero-order chi connectivity index (χ0) is 25.3. The number of benzene rings is 1. The molecule has 2 fully saturated rings. The maximum atomic E-state index is 13.7. The summed E-state index contributed by atoms with van der Waals surface area (Å²) < 4.78 is 24.9. The molecule has 5 rings (SSSR count). The van der Waals surface area contributed by atoms with E-state index in [2.05, 4.69) is 59.8 Å². The average Bonchev–Trinajstić information content (AvgIpc) is 3.36. The number of fused-ring (bicyclic) bond motifs is 6. The Morgan fingerprint density at radius 1 is 1.09 bits per heavy atom. The van der Waals surface area contributed by atoms with Crippen molar-refractivity contribution in [2.45, 2.75) is 95.7 Å².